The number of amides is 1. The van der Waals surface area contributed by atoms with Crippen molar-refractivity contribution in [2.45, 2.75) is 45.4 Å². The van der Waals surface area contributed by atoms with Crippen LogP contribution in [0.4, 0.5) is 0 Å². The summed E-state index contributed by atoms with van der Waals surface area (Å²) in [5.41, 5.74) is 0.518. The largest absolute Gasteiger partial charge is 0.340 e. The first-order valence-electron chi connectivity index (χ1n) is 8.09. The van der Waals surface area contributed by atoms with Crippen molar-refractivity contribution in [3.05, 3.63) is 0 Å². The molecule has 1 N–H and O–H groups in total. The third-order valence-corrected chi connectivity index (χ3v) is 6.21. The fourth-order valence-corrected chi connectivity index (χ4v) is 6.17. The maximum atomic E-state index is 13.1. The molecule has 5 fully saturated rings. The molecule has 4 bridgehead atoms. The molecule has 0 radical (unpaired) electrons. The number of carbonyl (C=O) groups is 1. The molecule has 5 aliphatic rings. The van der Waals surface area contributed by atoms with E-state index in [0.717, 1.165) is 38.0 Å². The highest BCUT2D eigenvalue weighted by Gasteiger charge is 2.59. The van der Waals surface area contributed by atoms with Crippen molar-refractivity contribution < 1.29 is 4.79 Å². The number of nitrogens with one attached hydrogen (secondary N) is 1. The minimum absolute atomic E-state index is 0.0379. The number of nitrogens with zero attached hydrogens (tertiary/aromatic N) is 1. The molecular formula is C16H26N2O. The summed E-state index contributed by atoms with van der Waals surface area (Å²) >= 11 is 0. The summed E-state index contributed by atoms with van der Waals surface area (Å²) in [5.74, 6) is 2.20. The van der Waals surface area contributed by atoms with Crippen LogP contribution in [0.2, 0.25) is 0 Å². The molecule has 106 valence electrons. The molecule has 4 saturated carbocycles. The Kier molecular flexibility index (Phi) is 2.55. The van der Waals surface area contributed by atoms with Gasteiger partial charge in [-0.25, -0.2) is 0 Å². The van der Waals surface area contributed by atoms with Crippen molar-refractivity contribution in [2.24, 2.45) is 22.7 Å². The maximum absolute atomic E-state index is 13.1. The van der Waals surface area contributed by atoms with Crippen LogP contribution < -0.4 is 5.32 Å². The Bertz CT molecular complexity index is 386. The van der Waals surface area contributed by atoms with Gasteiger partial charge in [0.15, 0.2) is 0 Å². The Morgan fingerprint density at radius 1 is 1.11 bits per heavy atom. The monoisotopic (exact) mass is 262 g/mol. The van der Waals surface area contributed by atoms with E-state index >= 15 is 0 Å². The second kappa shape index (κ2) is 3.97. The number of piperazine rings is 1. The summed E-state index contributed by atoms with van der Waals surface area (Å²) in [4.78, 5) is 15.3. The van der Waals surface area contributed by atoms with E-state index in [1.54, 1.807) is 0 Å². The molecular weight excluding hydrogens is 236 g/mol. The molecule has 2 unspecified atom stereocenters. The van der Waals surface area contributed by atoms with E-state index in [1.807, 2.05) is 0 Å². The summed E-state index contributed by atoms with van der Waals surface area (Å²) < 4.78 is 0. The van der Waals surface area contributed by atoms with Gasteiger partial charge in [0.05, 0.1) is 5.41 Å². The first-order valence-corrected chi connectivity index (χ1v) is 8.09. The predicted octanol–water partition coefficient (Wildman–Crippen LogP) is 2.02. The molecule has 19 heavy (non-hydrogen) atoms. The number of hydrogen-bond donors (Lipinski definition) is 1. The molecule has 2 atom stereocenters. The van der Waals surface area contributed by atoms with E-state index in [1.165, 1.54) is 38.5 Å². The molecule has 0 aromatic heterocycles. The zero-order valence-electron chi connectivity index (χ0n) is 12.1. The average Bonchev–Trinajstić information content (AvgIpc) is 2.36. The molecule has 1 amide bonds. The second-order valence-electron chi connectivity index (χ2n) is 8.09. The highest BCUT2D eigenvalue weighted by Crippen LogP contribution is 2.65. The van der Waals surface area contributed by atoms with E-state index in [4.69, 9.17) is 0 Å². The Morgan fingerprint density at radius 2 is 1.74 bits per heavy atom. The maximum Gasteiger partial charge on any atom is 0.228 e. The van der Waals surface area contributed by atoms with Gasteiger partial charge in [-0.3, -0.25) is 4.79 Å². The van der Waals surface area contributed by atoms with Crippen LogP contribution in [-0.4, -0.2) is 37.0 Å². The third-order valence-electron chi connectivity index (χ3n) is 6.21. The van der Waals surface area contributed by atoms with Crippen LogP contribution >= 0.6 is 0 Å². The Balaban J connectivity index is 1.60. The number of rotatable bonds is 1. The predicted molar refractivity (Wildman–Crippen MR) is 74.7 cm³/mol. The Morgan fingerprint density at radius 3 is 2.32 bits per heavy atom. The highest BCUT2D eigenvalue weighted by atomic mass is 16.2. The Hall–Kier alpha value is -0.570. The fraction of sp³-hybridized carbons (Fsp3) is 0.938. The van der Waals surface area contributed by atoms with Gasteiger partial charge in [-0.1, -0.05) is 6.92 Å². The van der Waals surface area contributed by atoms with Crippen LogP contribution in [0, 0.1) is 22.7 Å². The van der Waals surface area contributed by atoms with Gasteiger partial charge in [0, 0.05) is 26.2 Å². The van der Waals surface area contributed by atoms with Crippen LogP contribution in [0.25, 0.3) is 0 Å². The van der Waals surface area contributed by atoms with Gasteiger partial charge >= 0.3 is 0 Å². The normalized spacial score (nSPS) is 48.6. The average molecular weight is 262 g/mol. The second-order valence-corrected chi connectivity index (χ2v) is 8.09. The van der Waals surface area contributed by atoms with E-state index in [-0.39, 0.29) is 5.41 Å². The smallest absolute Gasteiger partial charge is 0.228 e. The first kappa shape index (κ1) is 12.2. The quantitative estimate of drug-likeness (QED) is 0.784. The molecule has 3 nitrogen and oxygen atoms in total. The lowest BCUT2D eigenvalue weighted by atomic mass is 9.44. The van der Waals surface area contributed by atoms with Gasteiger partial charge in [0.25, 0.3) is 0 Å². The number of hydrogen-bond acceptors (Lipinski definition) is 2. The van der Waals surface area contributed by atoms with Crippen LogP contribution in [-0.2, 0) is 4.79 Å². The standard InChI is InChI=1S/C16H26N2O/c1-15-7-12-6-13(8-15)10-16(9-12,11-15)14(19)18-4-2-17-3-5-18/h12-13,17H,2-11H2,1H3. The zero-order chi connectivity index (χ0) is 13.1. The van der Waals surface area contributed by atoms with Crippen LogP contribution in [0.15, 0.2) is 0 Å². The van der Waals surface area contributed by atoms with Crippen molar-refractivity contribution in [3.63, 3.8) is 0 Å². The SMILES string of the molecule is CC12CC3CC(C1)CC(C(=O)N1CCNCC1)(C3)C2. The van der Waals surface area contributed by atoms with Gasteiger partial charge < -0.3 is 10.2 Å². The molecule has 1 aliphatic heterocycles. The summed E-state index contributed by atoms with van der Waals surface area (Å²) in [6, 6.07) is 0. The molecule has 0 aromatic carbocycles. The Labute approximate surface area is 116 Å². The van der Waals surface area contributed by atoms with E-state index in [9.17, 15) is 4.79 Å². The highest BCUT2D eigenvalue weighted by molar-refractivity contribution is 5.83. The van der Waals surface area contributed by atoms with Crippen molar-refractivity contribution in [1.29, 1.82) is 0 Å². The number of carbonyl (C=O) groups excluding carboxylic acids is 1. The van der Waals surface area contributed by atoms with Gasteiger partial charge in [0.2, 0.25) is 5.91 Å². The van der Waals surface area contributed by atoms with Crippen LogP contribution in [0.5, 0.6) is 0 Å². The third kappa shape index (κ3) is 1.84. The first-order chi connectivity index (χ1) is 9.09. The molecule has 1 heterocycles. The zero-order valence-corrected chi connectivity index (χ0v) is 12.1. The lowest BCUT2D eigenvalue weighted by Crippen LogP contribution is -2.59. The summed E-state index contributed by atoms with van der Waals surface area (Å²) in [6.07, 6.45) is 7.76. The topological polar surface area (TPSA) is 32.3 Å². The van der Waals surface area contributed by atoms with Crippen LogP contribution in [0.3, 0.4) is 0 Å². The van der Waals surface area contributed by atoms with Gasteiger partial charge in [0.1, 0.15) is 0 Å². The molecule has 0 spiro atoms. The van der Waals surface area contributed by atoms with Crippen molar-refractivity contribution in [2.75, 3.05) is 26.2 Å². The fourth-order valence-electron chi connectivity index (χ4n) is 6.17. The molecule has 0 aromatic rings. The molecule has 1 saturated heterocycles. The molecule has 4 aliphatic carbocycles. The van der Waals surface area contributed by atoms with Gasteiger partial charge in [-0.05, 0) is 55.8 Å². The lowest BCUT2D eigenvalue weighted by molar-refractivity contribution is -0.166. The minimum Gasteiger partial charge on any atom is -0.340 e. The minimum atomic E-state index is 0.0379. The van der Waals surface area contributed by atoms with Crippen LogP contribution in [0.1, 0.15) is 45.4 Å². The summed E-state index contributed by atoms with van der Waals surface area (Å²) in [5, 5.41) is 3.36. The lowest BCUT2D eigenvalue weighted by Gasteiger charge is -2.61. The summed E-state index contributed by atoms with van der Waals surface area (Å²) in [7, 11) is 0. The van der Waals surface area contributed by atoms with Gasteiger partial charge in [-0.2, -0.15) is 0 Å². The van der Waals surface area contributed by atoms with E-state index in [0.29, 0.717) is 11.3 Å². The van der Waals surface area contributed by atoms with Crippen molar-refractivity contribution >= 4 is 5.91 Å². The summed E-state index contributed by atoms with van der Waals surface area (Å²) in [6.45, 7) is 6.25. The van der Waals surface area contributed by atoms with Crippen molar-refractivity contribution in [1.82, 2.24) is 10.2 Å². The van der Waals surface area contributed by atoms with E-state index < -0.39 is 0 Å². The molecule has 3 heteroatoms. The molecule has 5 rings (SSSR count). The van der Waals surface area contributed by atoms with Gasteiger partial charge in [-0.15, -0.1) is 0 Å². The van der Waals surface area contributed by atoms with Crippen molar-refractivity contribution in [3.8, 4) is 0 Å². The van der Waals surface area contributed by atoms with E-state index in [2.05, 4.69) is 17.1 Å².